The highest BCUT2D eigenvalue weighted by Crippen LogP contribution is 2.44. The molecule has 1 aliphatic carbocycles. The number of benzene rings is 2. The molecular weight excluding hydrogens is 446 g/mol. The number of H-pyrrole nitrogens is 1. The standard InChI is InChI=1S/C27H29N3O5/c1-2-17(26(32)33)15-29-25(31)24(14-18-8-7-13-28-18)30-27(34)35-16-23-21-11-5-3-9-19(21)20-10-4-6-12-22(20)23/h3-13,17,23-24,28H,2,14-16H2,1H3,(H,29,31)(H,30,34)(H,32,33). The van der Waals surface area contributed by atoms with Gasteiger partial charge >= 0.3 is 12.1 Å². The van der Waals surface area contributed by atoms with Crippen molar-refractivity contribution >= 4 is 18.0 Å². The molecule has 0 saturated heterocycles. The summed E-state index contributed by atoms with van der Waals surface area (Å²) in [7, 11) is 0. The van der Waals surface area contributed by atoms with Crippen molar-refractivity contribution < 1.29 is 24.2 Å². The molecule has 1 heterocycles. The Hall–Kier alpha value is -4.07. The van der Waals surface area contributed by atoms with E-state index in [1.807, 2.05) is 42.5 Å². The summed E-state index contributed by atoms with van der Waals surface area (Å²) < 4.78 is 5.59. The Bertz CT molecular complexity index is 1150. The number of carboxylic acids is 1. The first kappa shape index (κ1) is 24.1. The lowest BCUT2D eigenvalue weighted by atomic mass is 9.98. The van der Waals surface area contributed by atoms with Gasteiger partial charge in [-0.15, -0.1) is 0 Å². The average molecular weight is 476 g/mol. The van der Waals surface area contributed by atoms with E-state index in [1.54, 1.807) is 19.2 Å². The summed E-state index contributed by atoms with van der Waals surface area (Å²) in [5.74, 6) is -2.23. The zero-order valence-electron chi connectivity index (χ0n) is 19.5. The molecule has 0 bridgehead atoms. The molecule has 2 atom stereocenters. The van der Waals surface area contributed by atoms with Gasteiger partial charge in [-0.05, 0) is 40.8 Å². The smallest absolute Gasteiger partial charge is 0.407 e. The van der Waals surface area contributed by atoms with Crippen molar-refractivity contribution in [2.24, 2.45) is 5.92 Å². The maximum absolute atomic E-state index is 12.8. The molecule has 182 valence electrons. The summed E-state index contributed by atoms with van der Waals surface area (Å²) in [6.45, 7) is 1.86. The third kappa shape index (κ3) is 5.54. The number of rotatable bonds is 10. The van der Waals surface area contributed by atoms with E-state index in [9.17, 15) is 19.5 Å². The van der Waals surface area contributed by atoms with Crippen LogP contribution in [0.25, 0.3) is 11.1 Å². The van der Waals surface area contributed by atoms with Crippen molar-refractivity contribution in [2.45, 2.75) is 31.7 Å². The van der Waals surface area contributed by atoms with Gasteiger partial charge in [-0.2, -0.15) is 0 Å². The first-order valence-corrected chi connectivity index (χ1v) is 11.7. The third-order valence-electron chi connectivity index (χ3n) is 6.40. The van der Waals surface area contributed by atoms with Crippen molar-refractivity contribution in [1.29, 1.82) is 0 Å². The number of alkyl carbamates (subject to hydrolysis) is 1. The molecule has 35 heavy (non-hydrogen) atoms. The molecule has 1 aromatic heterocycles. The molecule has 8 nitrogen and oxygen atoms in total. The Morgan fingerprint density at radius 1 is 1.00 bits per heavy atom. The molecule has 1 aliphatic rings. The van der Waals surface area contributed by atoms with E-state index in [0.717, 1.165) is 27.9 Å². The molecule has 0 radical (unpaired) electrons. The molecule has 2 unspecified atom stereocenters. The minimum absolute atomic E-state index is 0.0156. The van der Waals surface area contributed by atoms with Crippen LogP contribution in [0.3, 0.4) is 0 Å². The third-order valence-corrected chi connectivity index (χ3v) is 6.40. The van der Waals surface area contributed by atoms with Crippen molar-refractivity contribution in [3.8, 4) is 11.1 Å². The number of carboxylic acid groups (broad SMARTS) is 1. The summed E-state index contributed by atoms with van der Waals surface area (Å²) >= 11 is 0. The van der Waals surface area contributed by atoms with Crippen LogP contribution in [0.5, 0.6) is 0 Å². The Labute approximate surface area is 203 Å². The topological polar surface area (TPSA) is 121 Å². The van der Waals surface area contributed by atoms with Crippen LogP contribution < -0.4 is 10.6 Å². The molecule has 0 spiro atoms. The molecular formula is C27H29N3O5. The van der Waals surface area contributed by atoms with Gasteiger partial charge in [-0.25, -0.2) is 4.79 Å². The second kappa shape index (κ2) is 10.9. The largest absolute Gasteiger partial charge is 0.481 e. The quantitative estimate of drug-likeness (QED) is 0.356. The van der Waals surface area contributed by atoms with Crippen molar-refractivity contribution in [3.05, 3.63) is 83.7 Å². The molecule has 2 amide bonds. The summed E-state index contributed by atoms with van der Waals surface area (Å²) in [4.78, 5) is 39.9. The van der Waals surface area contributed by atoms with E-state index in [-0.39, 0.29) is 25.5 Å². The van der Waals surface area contributed by atoms with E-state index in [0.29, 0.717) is 6.42 Å². The lowest BCUT2D eigenvalue weighted by molar-refractivity contribution is -0.141. The number of ether oxygens (including phenoxy) is 1. The van der Waals surface area contributed by atoms with Gasteiger partial charge in [0.15, 0.2) is 0 Å². The average Bonchev–Trinajstić information content (AvgIpc) is 3.48. The van der Waals surface area contributed by atoms with E-state index in [2.05, 4.69) is 27.8 Å². The summed E-state index contributed by atoms with van der Waals surface area (Å²) in [5, 5.41) is 14.6. The molecule has 2 aromatic carbocycles. The second-order valence-electron chi connectivity index (χ2n) is 8.61. The Morgan fingerprint density at radius 2 is 1.66 bits per heavy atom. The fraction of sp³-hybridized carbons (Fsp3) is 0.296. The lowest BCUT2D eigenvalue weighted by Crippen LogP contribution is -2.49. The fourth-order valence-electron chi connectivity index (χ4n) is 4.46. The minimum atomic E-state index is -0.974. The van der Waals surface area contributed by atoms with Crippen LogP contribution in [0.2, 0.25) is 0 Å². The number of carbonyl (C=O) groups excluding carboxylic acids is 2. The van der Waals surface area contributed by atoms with Gasteiger partial charge in [0.25, 0.3) is 0 Å². The summed E-state index contributed by atoms with van der Waals surface area (Å²) in [6, 6.07) is 18.8. The highest BCUT2D eigenvalue weighted by molar-refractivity contribution is 5.86. The first-order chi connectivity index (χ1) is 17.0. The predicted molar refractivity (Wildman–Crippen MR) is 131 cm³/mol. The molecule has 3 aromatic rings. The van der Waals surface area contributed by atoms with Gasteiger partial charge in [0.05, 0.1) is 5.92 Å². The van der Waals surface area contributed by atoms with E-state index < -0.39 is 29.9 Å². The maximum atomic E-state index is 12.8. The number of amides is 2. The monoisotopic (exact) mass is 475 g/mol. The minimum Gasteiger partial charge on any atom is -0.481 e. The van der Waals surface area contributed by atoms with Gasteiger partial charge in [-0.3, -0.25) is 9.59 Å². The Morgan fingerprint density at radius 3 is 2.23 bits per heavy atom. The van der Waals surface area contributed by atoms with Gasteiger partial charge in [-0.1, -0.05) is 55.5 Å². The fourth-order valence-corrected chi connectivity index (χ4v) is 4.46. The van der Waals surface area contributed by atoms with Crippen molar-refractivity contribution in [2.75, 3.05) is 13.2 Å². The number of hydrogen-bond acceptors (Lipinski definition) is 4. The SMILES string of the molecule is CCC(CNC(=O)C(Cc1ccc[nH]1)NC(=O)OCC1c2ccccc2-c2ccccc21)C(=O)O. The number of aromatic nitrogens is 1. The number of aliphatic carboxylic acids is 1. The Balaban J connectivity index is 1.41. The molecule has 8 heteroatoms. The van der Waals surface area contributed by atoms with Gasteiger partial charge in [0.2, 0.25) is 5.91 Å². The van der Waals surface area contributed by atoms with E-state index >= 15 is 0 Å². The number of nitrogens with one attached hydrogen (secondary N) is 3. The van der Waals surface area contributed by atoms with Crippen molar-refractivity contribution in [3.63, 3.8) is 0 Å². The molecule has 4 rings (SSSR count). The summed E-state index contributed by atoms with van der Waals surface area (Å²) in [5.41, 5.74) is 5.22. The first-order valence-electron chi connectivity index (χ1n) is 11.7. The van der Waals surface area contributed by atoms with Crippen molar-refractivity contribution in [1.82, 2.24) is 15.6 Å². The van der Waals surface area contributed by atoms with Crippen LogP contribution in [0.4, 0.5) is 4.79 Å². The van der Waals surface area contributed by atoms with Gasteiger partial charge in [0, 0.05) is 30.8 Å². The van der Waals surface area contributed by atoms with Crippen LogP contribution >= 0.6 is 0 Å². The second-order valence-corrected chi connectivity index (χ2v) is 8.61. The highest BCUT2D eigenvalue weighted by Gasteiger charge is 2.30. The molecule has 0 aliphatic heterocycles. The maximum Gasteiger partial charge on any atom is 0.407 e. The predicted octanol–water partition coefficient (Wildman–Crippen LogP) is 3.69. The number of carbonyl (C=O) groups is 3. The summed E-state index contributed by atoms with van der Waals surface area (Å²) in [6.07, 6.45) is 1.63. The van der Waals surface area contributed by atoms with Gasteiger partial charge < -0.3 is 25.5 Å². The zero-order valence-corrected chi connectivity index (χ0v) is 19.5. The number of hydrogen-bond donors (Lipinski definition) is 4. The molecule has 4 N–H and O–H groups in total. The van der Waals surface area contributed by atoms with E-state index in [1.165, 1.54) is 0 Å². The Kier molecular flexibility index (Phi) is 7.50. The van der Waals surface area contributed by atoms with Crippen LogP contribution in [-0.2, 0) is 20.7 Å². The zero-order chi connectivity index (χ0) is 24.8. The number of aromatic amines is 1. The van der Waals surface area contributed by atoms with E-state index in [4.69, 9.17) is 4.74 Å². The van der Waals surface area contributed by atoms with Crippen LogP contribution in [0.1, 0.15) is 36.1 Å². The number of fused-ring (bicyclic) bond motifs is 3. The van der Waals surface area contributed by atoms with Crippen LogP contribution in [0, 0.1) is 5.92 Å². The lowest BCUT2D eigenvalue weighted by Gasteiger charge is -2.20. The normalized spacial score (nSPS) is 13.9. The van der Waals surface area contributed by atoms with Crippen LogP contribution in [-0.4, -0.2) is 47.3 Å². The molecule has 0 fully saturated rings. The van der Waals surface area contributed by atoms with Gasteiger partial charge in [0.1, 0.15) is 12.6 Å². The highest BCUT2D eigenvalue weighted by atomic mass is 16.5. The van der Waals surface area contributed by atoms with Crippen LogP contribution in [0.15, 0.2) is 66.9 Å². The molecule has 0 saturated carbocycles.